The second kappa shape index (κ2) is 9.37. The summed E-state index contributed by atoms with van der Waals surface area (Å²) in [6.45, 7) is 0. The van der Waals surface area contributed by atoms with Gasteiger partial charge in [-0.2, -0.15) is 0 Å². The number of amides is 1. The molecule has 1 aromatic carbocycles. The third-order valence-corrected chi connectivity index (χ3v) is 7.67. The van der Waals surface area contributed by atoms with Gasteiger partial charge in [0, 0.05) is 17.7 Å². The molecule has 2 fully saturated rings. The third kappa shape index (κ3) is 5.02. The minimum atomic E-state index is 0. The van der Waals surface area contributed by atoms with Crippen LogP contribution in [0.1, 0.15) is 37.7 Å². The number of nitrogens with zero attached hydrogens (tertiary/aromatic N) is 2. The summed E-state index contributed by atoms with van der Waals surface area (Å²) in [6.07, 6.45) is 5.42. The zero-order valence-corrected chi connectivity index (χ0v) is 17.5. The monoisotopic (exact) mass is 424 g/mol. The summed E-state index contributed by atoms with van der Waals surface area (Å²) in [6, 6.07) is 10.6. The van der Waals surface area contributed by atoms with E-state index >= 15 is 0 Å². The Morgan fingerprint density at radius 1 is 1.19 bits per heavy atom. The van der Waals surface area contributed by atoms with Crippen LogP contribution in [-0.4, -0.2) is 22.1 Å². The van der Waals surface area contributed by atoms with Crippen molar-refractivity contribution in [2.24, 2.45) is 23.5 Å². The average molecular weight is 425 g/mol. The van der Waals surface area contributed by atoms with E-state index in [1.165, 1.54) is 36.2 Å². The molecular formula is C19H25ClN4OS2. The number of anilines is 1. The molecule has 146 valence electrons. The molecule has 2 saturated carbocycles. The molecule has 0 radical (unpaired) electrons. The van der Waals surface area contributed by atoms with Crippen molar-refractivity contribution in [2.75, 3.05) is 5.32 Å². The Bertz CT molecular complexity index is 743. The van der Waals surface area contributed by atoms with Crippen molar-refractivity contribution in [3.63, 3.8) is 0 Å². The average Bonchev–Trinajstić information content (AvgIpc) is 3.08. The topological polar surface area (TPSA) is 80.9 Å². The first-order valence-electron chi connectivity index (χ1n) is 9.25. The van der Waals surface area contributed by atoms with Crippen LogP contribution in [0.25, 0.3) is 0 Å². The number of fused-ring (bicyclic) bond motifs is 2. The molecule has 2 aromatic rings. The maximum Gasteiger partial charge on any atom is 0.229 e. The van der Waals surface area contributed by atoms with Crippen LogP contribution >= 0.6 is 35.5 Å². The van der Waals surface area contributed by atoms with Gasteiger partial charge in [0.1, 0.15) is 0 Å². The molecule has 2 aliphatic rings. The lowest BCUT2D eigenvalue weighted by Crippen LogP contribution is -2.48. The minimum Gasteiger partial charge on any atom is -0.327 e. The number of hydrogen-bond donors (Lipinski definition) is 2. The summed E-state index contributed by atoms with van der Waals surface area (Å²) in [7, 11) is 0. The number of rotatable bonds is 5. The largest absolute Gasteiger partial charge is 0.327 e. The molecule has 4 rings (SSSR count). The van der Waals surface area contributed by atoms with Crippen molar-refractivity contribution in [1.82, 2.24) is 10.2 Å². The molecule has 2 unspecified atom stereocenters. The molecule has 5 nitrogen and oxygen atoms in total. The smallest absolute Gasteiger partial charge is 0.229 e. The van der Waals surface area contributed by atoms with Crippen molar-refractivity contribution in [3.05, 3.63) is 35.9 Å². The van der Waals surface area contributed by atoms with E-state index in [0.29, 0.717) is 17.0 Å². The molecule has 0 saturated heterocycles. The molecule has 2 bridgehead atoms. The van der Waals surface area contributed by atoms with Crippen LogP contribution in [0.4, 0.5) is 5.13 Å². The molecule has 1 amide bonds. The van der Waals surface area contributed by atoms with E-state index in [9.17, 15) is 4.79 Å². The van der Waals surface area contributed by atoms with E-state index in [1.54, 1.807) is 11.8 Å². The number of nitrogens with two attached hydrogens (primary N) is 1. The zero-order valence-electron chi connectivity index (χ0n) is 15.0. The summed E-state index contributed by atoms with van der Waals surface area (Å²) < 4.78 is 0.881. The first-order chi connectivity index (χ1) is 12.7. The van der Waals surface area contributed by atoms with Gasteiger partial charge in [0.05, 0.1) is 0 Å². The fourth-order valence-corrected chi connectivity index (χ4v) is 5.96. The van der Waals surface area contributed by atoms with Gasteiger partial charge < -0.3 is 11.1 Å². The first-order valence-corrected chi connectivity index (χ1v) is 11.1. The van der Waals surface area contributed by atoms with Crippen LogP contribution in [-0.2, 0) is 10.5 Å². The van der Waals surface area contributed by atoms with Crippen molar-refractivity contribution in [2.45, 2.75) is 48.2 Å². The Balaban J connectivity index is 0.00000210. The minimum absolute atomic E-state index is 0. The predicted molar refractivity (Wildman–Crippen MR) is 113 cm³/mol. The normalized spacial score (nSPS) is 26.9. The Labute approximate surface area is 174 Å². The lowest BCUT2D eigenvalue weighted by Gasteiger charge is -2.43. The third-order valence-electron chi connectivity index (χ3n) is 5.63. The van der Waals surface area contributed by atoms with Crippen LogP contribution in [0.2, 0.25) is 0 Å². The van der Waals surface area contributed by atoms with Crippen LogP contribution < -0.4 is 11.1 Å². The van der Waals surface area contributed by atoms with Crippen LogP contribution in [0.3, 0.4) is 0 Å². The standard InChI is InChI=1S/C19H24N4OS2.ClH/c20-16-13-7-4-8-14(16)10-15(9-13)17(24)21-18-22-23-19(26-18)25-11-12-5-2-1-3-6-12;/h1-3,5-6,13-16H,4,7-11,20H2,(H,21,22,24);1H. The van der Waals surface area contributed by atoms with Gasteiger partial charge in [0.25, 0.3) is 0 Å². The van der Waals surface area contributed by atoms with Gasteiger partial charge in [-0.25, -0.2) is 0 Å². The summed E-state index contributed by atoms with van der Waals surface area (Å²) >= 11 is 3.10. The van der Waals surface area contributed by atoms with E-state index in [2.05, 4.69) is 27.6 Å². The van der Waals surface area contributed by atoms with Crippen molar-refractivity contribution in [1.29, 1.82) is 0 Å². The number of benzene rings is 1. The molecule has 1 heterocycles. The van der Waals surface area contributed by atoms with E-state index in [0.717, 1.165) is 22.9 Å². The van der Waals surface area contributed by atoms with Gasteiger partial charge in [0.15, 0.2) is 4.34 Å². The van der Waals surface area contributed by atoms with Gasteiger partial charge in [-0.1, -0.05) is 59.9 Å². The van der Waals surface area contributed by atoms with Gasteiger partial charge in [-0.3, -0.25) is 4.79 Å². The molecule has 27 heavy (non-hydrogen) atoms. The lowest BCUT2D eigenvalue weighted by atomic mass is 9.65. The second-order valence-corrected chi connectivity index (χ2v) is 9.53. The van der Waals surface area contributed by atoms with Crippen molar-refractivity contribution < 1.29 is 4.79 Å². The number of hydrogen-bond acceptors (Lipinski definition) is 6. The highest BCUT2D eigenvalue weighted by Crippen LogP contribution is 2.42. The molecular weight excluding hydrogens is 400 g/mol. The van der Waals surface area contributed by atoms with Gasteiger partial charge in [0.2, 0.25) is 11.0 Å². The number of carbonyl (C=O) groups excluding carboxylic acids is 1. The second-order valence-electron chi connectivity index (χ2n) is 7.33. The Hall–Kier alpha value is -1.15. The van der Waals surface area contributed by atoms with Crippen molar-refractivity contribution in [3.8, 4) is 0 Å². The lowest BCUT2D eigenvalue weighted by molar-refractivity contribution is -0.122. The number of aromatic nitrogens is 2. The van der Waals surface area contributed by atoms with Gasteiger partial charge >= 0.3 is 0 Å². The predicted octanol–water partition coefficient (Wildman–Crippen LogP) is 4.34. The van der Waals surface area contributed by atoms with E-state index < -0.39 is 0 Å². The molecule has 1 aromatic heterocycles. The first kappa shape index (κ1) is 20.6. The molecule has 0 spiro atoms. The summed E-state index contributed by atoms with van der Waals surface area (Å²) in [5.41, 5.74) is 7.58. The van der Waals surface area contributed by atoms with Crippen molar-refractivity contribution >= 4 is 46.5 Å². The number of nitrogens with one attached hydrogen (secondary N) is 1. The van der Waals surface area contributed by atoms with Crippen LogP contribution in [0, 0.1) is 17.8 Å². The Kier molecular flexibility index (Phi) is 7.14. The fourth-order valence-electron chi connectivity index (χ4n) is 4.25. The molecule has 2 aliphatic carbocycles. The highest BCUT2D eigenvalue weighted by molar-refractivity contribution is 8.00. The quantitative estimate of drug-likeness (QED) is 0.551. The summed E-state index contributed by atoms with van der Waals surface area (Å²) in [5, 5.41) is 11.9. The number of carbonyl (C=O) groups is 1. The summed E-state index contributed by atoms with van der Waals surface area (Å²) in [4.78, 5) is 12.7. The number of halogens is 1. The number of thioether (sulfide) groups is 1. The Morgan fingerprint density at radius 2 is 1.89 bits per heavy atom. The van der Waals surface area contributed by atoms with E-state index in [-0.39, 0.29) is 30.3 Å². The van der Waals surface area contributed by atoms with Gasteiger partial charge in [-0.15, -0.1) is 22.6 Å². The maximum atomic E-state index is 12.7. The Morgan fingerprint density at radius 3 is 2.59 bits per heavy atom. The molecule has 2 atom stereocenters. The van der Waals surface area contributed by atoms with Crippen LogP contribution in [0.15, 0.2) is 34.7 Å². The van der Waals surface area contributed by atoms with E-state index in [1.807, 2.05) is 18.2 Å². The fraction of sp³-hybridized carbons (Fsp3) is 0.526. The highest BCUT2D eigenvalue weighted by atomic mass is 35.5. The van der Waals surface area contributed by atoms with E-state index in [4.69, 9.17) is 5.73 Å². The molecule has 3 N–H and O–H groups in total. The van der Waals surface area contributed by atoms with Crippen LogP contribution in [0.5, 0.6) is 0 Å². The summed E-state index contributed by atoms with van der Waals surface area (Å²) in [5.74, 6) is 2.01. The SMILES string of the molecule is Cl.NC1C2CCCC1CC(C(=O)Nc1nnc(SCc3ccccc3)s1)C2. The zero-order chi connectivity index (χ0) is 17.9. The molecule has 8 heteroatoms. The van der Waals surface area contributed by atoms with Gasteiger partial charge in [-0.05, 0) is 43.1 Å². The maximum absolute atomic E-state index is 12.7. The highest BCUT2D eigenvalue weighted by Gasteiger charge is 2.40. The molecule has 0 aliphatic heterocycles.